The minimum atomic E-state index is -4.58. The van der Waals surface area contributed by atoms with Crippen LogP contribution in [-0.2, 0) is 28.7 Å². The van der Waals surface area contributed by atoms with E-state index in [1.165, 1.54) is 13.2 Å². The van der Waals surface area contributed by atoms with Gasteiger partial charge in [-0.3, -0.25) is 4.79 Å². The Morgan fingerprint density at radius 2 is 1.77 bits per heavy atom. The van der Waals surface area contributed by atoms with Crippen LogP contribution in [0, 0.1) is 11.5 Å². The van der Waals surface area contributed by atoms with Crippen molar-refractivity contribution in [2.75, 3.05) is 20.3 Å². The zero-order valence-corrected chi connectivity index (χ0v) is 21.8. The Labute approximate surface area is 225 Å². The molecule has 7 nitrogen and oxygen atoms in total. The fraction of sp³-hybridized carbons (Fsp3) is 0.276. The number of hydrogen-bond donors (Lipinski definition) is 0. The first-order valence-electron chi connectivity index (χ1n) is 12.2. The van der Waals surface area contributed by atoms with E-state index in [4.69, 9.17) is 14.2 Å². The number of rotatable bonds is 9. The number of halogens is 3. The van der Waals surface area contributed by atoms with E-state index in [-0.39, 0.29) is 32.1 Å². The maximum Gasteiger partial charge on any atom is 0.416 e. The molecule has 0 atom stereocenters. The number of ether oxygens (including phenoxy) is 3. The lowest BCUT2D eigenvalue weighted by Crippen LogP contribution is -2.34. The highest BCUT2D eigenvalue weighted by atomic mass is 19.4. The molecular weight excluding hydrogens is 511 g/mol. The Morgan fingerprint density at radius 1 is 1.03 bits per heavy atom. The standard InChI is InChI=1S/C29H28F3N3O4/c1-4-35(28(34-19-33)39-23-9-7-6-8-10-23)18-21-17-22(29(30,31)32)12-13-24(21)25-15-20(11-14-26(25)37-3)16-27(36)38-5-2/h6-15,17H,4-5,16,18H2,1-3H3/b34-28-. The van der Waals surface area contributed by atoms with Crippen LogP contribution < -0.4 is 9.47 Å². The lowest BCUT2D eigenvalue weighted by Gasteiger charge is -2.25. The van der Waals surface area contributed by atoms with Gasteiger partial charge in [0.15, 0.2) is 0 Å². The second-order valence-corrected chi connectivity index (χ2v) is 8.31. The van der Waals surface area contributed by atoms with Gasteiger partial charge in [0.2, 0.25) is 6.19 Å². The summed E-state index contributed by atoms with van der Waals surface area (Å²) in [6, 6.07) is 17.1. The van der Waals surface area contributed by atoms with Crippen molar-refractivity contribution in [1.29, 1.82) is 5.26 Å². The largest absolute Gasteiger partial charge is 0.496 e. The number of nitrogens with zero attached hydrogens (tertiary/aromatic N) is 3. The molecule has 0 unspecified atom stereocenters. The van der Waals surface area contributed by atoms with Gasteiger partial charge in [-0.1, -0.05) is 30.3 Å². The lowest BCUT2D eigenvalue weighted by atomic mass is 9.94. The molecule has 39 heavy (non-hydrogen) atoms. The smallest absolute Gasteiger partial charge is 0.416 e. The van der Waals surface area contributed by atoms with Crippen LogP contribution in [0.25, 0.3) is 11.1 Å². The first kappa shape index (κ1) is 29.0. The van der Waals surface area contributed by atoms with Gasteiger partial charge in [-0.25, -0.2) is 0 Å². The summed E-state index contributed by atoms with van der Waals surface area (Å²) in [5.74, 6) is 0.412. The average molecular weight is 540 g/mol. The fourth-order valence-electron chi connectivity index (χ4n) is 3.93. The monoisotopic (exact) mass is 539 g/mol. The quantitative estimate of drug-likeness (QED) is 0.139. The molecule has 3 aromatic carbocycles. The molecule has 0 aliphatic carbocycles. The van der Waals surface area contributed by atoms with Crippen LogP contribution in [0.1, 0.15) is 30.5 Å². The molecule has 0 N–H and O–H groups in total. The molecule has 0 heterocycles. The highest BCUT2D eigenvalue weighted by molar-refractivity contribution is 5.80. The normalized spacial score (nSPS) is 11.5. The summed E-state index contributed by atoms with van der Waals surface area (Å²) in [6.45, 7) is 3.93. The molecule has 0 amide bonds. The number of aliphatic imine (C=N–C) groups is 1. The molecule has 0 saturated carbocycles. The third-order valence-electron chi connectivity index (χ3n) is 5.75. The summed E-state index contributed by atoms with van der Waals surface area (Å²) < 4.78 is 57.6. The zero-order valence-electron chi connectivity index (χ0n) is 21.8. The van der Waals surface area contributed by atoms with E-state index in [1.54, 1.807) is 73.5 Å². The predicted octanol–water partition coefficient (Wildman–Crippen LogP) is 6.22. The second kappa shape index (κ2) is 13.3. The van der Waals surface area contributed by atoms with Crippen LogP contribution in [0.5, 0.6) is 11.5 Å². The molecule has 0 aliphatic rings. The van der Waals surface area contributed by atoms with E-state index in [2.05, 4.69) is 4.99 Å². The maximum absolute atomic E-state index is 13.7. The van der Waals surface area contributed by atoms with Crippen molar-refractivity contribution < 1.29 is 32.2 Å². The number of esters is 1. The van der Waals surface area contributed by atoms with E-state index in [9.17, 15) is 23.2 Å². The third kappa shape index (κ3) is 7.74. The maximum atomic E-state index is 13.7. The van der Waals surface area contributed by atoms with Gasteiger partial charge < -0.3 is 19.1 Å². The summed E-state index contributed by atoms with van der Waals surface area (Å²) in [4.78, 5) is 17.4. The van der Waals surface area contributed by atoms with Crippen LogP contribution in [0.2, 0.25) is 0 Å². The Kier molecular flexibility index (Phi) is 9.92. The number of para-hydroxylation sites is 1. The van der Waals surface area contributed by atoms with Crippen LogP contribution in [0.15, 0.2) is 71.7 Å². The number of alkyl halides is 3. The van der Waals surface area contributed by atoms with Gasteiger partial charge in [0.25, 0.3) is 0 Å². The first-order chi connectivity index (χ1) is 18.7. The van der Waals surface area contributed by atoms with Crippen molar-refractivity contribution in [1.82, 2.24) is 4.90 Å². The SMILES string of the molecule is CCOC(=O)Cc1ccc(OC)c(-c2ccc(C(F)(F)F)cc2CN(CC)/C(=N/C#N)Oc2ccccc2)c1. The minimum absolute atomic E-state index is 0.00816. The Hall–Kier alpha value is -4.52. The molecule has 0 bridgehead atoms. The Balaban J connectivity index is 2.10. The number of hydrogen-bond acceptors (Lipinski definition) is 6. The van der Waals surface area contributed by atoms with Gasteiger partial charge in [0.1, 0.15) is 11.5 Å². The molecule has 3 aromatic rings. The molecule has 3 rings (SSSR count). The van der Waals surface area contributed by atoms with Crippen LogP contribution in [0.3, 0.4) is 0 Å². The zero-order chi connectivity index (χ0) is 28.4. The van der Waals surface area contributed by atoms with Crippen molar-refractivity contribution in [2.24, 2.45) is 4.99 Å². The molecule has 0 aromatic heterocycles. The van der Waals surface area contributed by atoms with Crippen LogP contribution >= 0.6 is 0 Å². The van der Waals surface area contributed by atoms with Gasteiger partial charge in [-0.2, -0.15) is 18.4 Å². The summed E-state index contributed by atoms with van der Waals surface area (Å²) in [7, 11) is 1.46. The summed E-state index contributed by atoms with van der Waals surface area (Å²) >= 11 is 0. The van der Waals surface area contributed by atoms with E-state index in [0.29, 0.717) is 33.8 Å². The van der Waals surface area contributed by atoms with Crippen molar-refractivity contribution in [2.45, 2.75) is 33.0 Å². The molecule has 0 fully saturated rings. The van der Waals surface area contributed by atoms with Gasteiger partial charge in [-0.05, 0) is 66.9 Å². The van der Waals surface area contributed by atoms with E-state index >= 15 is 0 Å². The predicted molar refractivity (Wildman–Crippen MR) is 140 cm³/mol. The molecule has 204 valence electrons. The van der Waals surface area contributed by atoms with E-state index in [0.717, 1.165) is 12.1 Å². The van der Waals surface area contributed by atoms with Crippen LogP contribution in [-0.4, -0.2) is 37.2 Å². The average Bonchev–Trinajstić information content (AvgIpc) is 2.91. The molecule has 0 radical (unpaired) electrons. The summed E-state index contributed by atoms with van der Waals surface area (Å²) in [6.07, 6.45) is -2.88. The van der Waals surface area contributed by atoms with Crippen LogP contribution in [0.4, 0.5) is 13.2 Å². The Bertz CT molecular complexity index is 1350. The fourth-order valence-corrected chi connectivity index (χ4v) is 3.93. The Morgan fingerprint density at radius 3 is 2.38 bits per heavy atom. The highest BCUT2D eigenvalue weighted by Gasteiger charge is 2.32. The first-order valence-corrected chi connectivity index (χ1v) is 12.2. The molecule has 10 heteroatoms. The molecular formula is C29H28F3N3O4. The molecule has 0 saturated heterocycles. The topological polar surface area (TPSA) is 84.2 Å². The van der Waals surface area contributed by atoms with Gasteiger partial charge in [-0.15, -0.1) is 4.99 Å². The van der Waals surface area contributed by atoms with E-state index in [1.807, 2.05) is 0 Å². The van der Waals surface area contributed by atoms with Crippen molar-refractivity contribution >= 4 is 12.0 Å². The lowest BCUT2D eigenvalue weighted by molar-refractivity contribution is -0.142. The molecule has 0 spiro atoms. The van der Waals surface area contributed by atoms with Gasteiger partial charge in [0, 0.05) is 18.7 Å². The number of methoxy groups -OCH3 is 1. The van der Waals surface area contributed by atoms with Gasteiger partial charge in [0.05, 0.1) is 25.7 Å². The highest BCUT2D eigenvalue weighted by Crippen LogP contribution is 2.38. The molecule has 0 aliphatic heterocycles. The number of carbonyl (C=O) groups is 1. The summed E-state index contributed by atoms with van der Waals surface area (Å²) in [5.41, 5.74) is 1.03. The number of benzene rings is 3. The summed E-state index contributed by atoms with van der Waals surface area (Å²) in [5, 5.41) is 9.27. The third-order valence-corrected chi connectivity index (χ3v) is 5.75. The second-order valence-electron chi connectivity index (χ2n) is 8.31. The van der Waals surface area contributed by atoms with Gasteiger partial charge >= 0.3 is 18.2 Å². The number of nitriles is 1. The van der Waals surface area contributed by atoms with Crippen molar-refractivity contribution in [3.63, 3.8) is 0 Å². The van der Waals surface area contributed by atoms with Crippen molar-refractivity contribution in [3.05, 3.63) is 83.4 Å². The number of carbonyl (C=O) groups excluding carboxylic acids is 1. The van der Waals surface area contributed by atoms with E-state index < -0.39 is 17.7 Å². The van der Waals surface area contributed by atoms with Crippen molar-refractivity contribution in [3.8, 4) is 28.8 Å². The number of amidine groups is 1. The minimum Gasteiger partial charge on any atom is -0.496 e.